The Balaban J connectivity index is 2.97. The molecule has 1 rings (SSSR count). The summed E-state index contributed by atoms with van der Waals surface area (Å²) in [5.41, 5.74) is 0. The van der Waals surface area contributed by atoms with Gasteiger partial charge in [-0.3, -0.25) is 0 Å². The minimum atomic E-state index is -3.03. The summed E-state index contributed by atoms with van der Waals surface area (Å²) in [5, 5.41) is 34.7. The van der Waals surface area contributed by atoms with Crippen LogP contribution >= 0.6 is 0 Å². The summed E-state index contributed by atoms with van der Waals surface area (Å²) in [7, 11) is 0. The van der Waals surface area contributed by atoms with Gasteiger partial charge in [0, 0.05) is 0 Å². The fourth-order valence-electron chi connectivity index (χ4n) is 0.787. The van der Waals surface area contributed by atoms with E-state index in [1.807, 2.05) is 0 Å². The number of cyclic esters (lactones) is 1. The fraction of sp³-hybridized carbons (Fsp3) is 0.600. The van der Waals surface area contributed by atoms with E-state index in [1.165, 1.54) is 0 Å². The summed E-state index contributed by atoms with van der Waals surface area (Å²) in [6, 6.07) is 0. The molecule has 0 saturated carbocycles. The van der Waals surface area contributed by atoms with E-state index in [1.54, 1.807) is 0 Å². The Labute approximate surface area is 65.8 Å². The third-order valence-corrected chi connectivity index (χ3v) is 1.50. The van der Waals surface area contributed by atoms with Gasteiger partial charge in [0.2, 0.25) is 0 Å². The SMILES string of the molecule is O=C1OC(O)(C(=O)O)C(O)C1O. The Bertz CT molecular complexity index is 234. The van der Waals surface area contributed by atoms with Gasteiger partial charge in [-0.15, -0.1) is 0 Å². The number of rotatable bonds is 1. The summed E-state index contributed by atoms with van der Waals surface area (Å²) in [4.78, 5) is 20.7. The van der Waals surface area contributed by atoms with Crippen molar-refractivity contribution < 1.29 is 34.8 Å². The summed E-state index contributed by atoms with van der Waals surface area (Å²) in [5.74, 6) is -6.33. The summed E-state index contributed by atoms with van der Waals surface area (Å²) < 4.78 is 3.85. The number of carbonyl (C=O) groups excluding carboxylic acids is 1. The molecule has 7 nitrogen and oxygen atoms in total. The van der Waals surface area contributed by atoms with Crippen molar-refractivity contribution in [3.05, 3.63) is 0 Å². The van der Waals surface area contributed by atoms with Crippen molar-refractivity contribution >= 4 is 11.9 Å². The largest absolute Gasteiger partial charge is 0.476 e. The topological polar surface area (TPSA) is 124 Å². The van der Waals surface area contributed by atoms with Crippen LogP contribution in [0.3, 0.4) is 0 Å². The number of hydrogen-bond donors (Lipinski definition) is 4. The first-order valence-electron chi connectivity index (χ1n) is 2.94. The maximum atomic E-state index is 10.4. The molecular weight excluding hydrogens is 172 g/mol. The van der Waals surface area contributed by atoms with Crippen LogP contribution in [0.5, 0.6) is 0 Å². The molecule has 0 aromatic rings. The van der Waals surface area contributed by atoms with Gasteiger partial charge in [0.25, 0.3) is 0 Å². The number of hydrogen-bond acceptors (Lipinski definition) is 6. The van der Waals surface area contributed by atoms with Crippen molar-refractivity contribution in [2.24, 2.45) is 0 Å². The predicted molar refractivity (Wildman–Crippen MR) is 30.7 cm³/mol. The number of carboxylic acid groups (broad SMARTS) is 1. The lowest BCUT2D eigenvalue weighted by Crippen LogP contribution is -2.49. The Morgan fingerprint density at radius 1 is 1.50 bits per heavy atom. The van der Waals surface area contributed by atoms with Crippen molar-refractivity contribution in [3.63, 3.8) is 0 Å². The smallest absolute Gasteiger partial charge is 0.380 e. The van der Waals surface area contributed by atoms with E-state index in [9.17, 15) is 9.59 Å². The van der Waals surface area contributed by atoms with Crippen LogP contribution in [0.25, 0.3) is 0 Å². The maximum absolute atomic E-state index is 10.4. The van der Waals surface area contributed by atoms with Crippen molar-refractivity contribution in [1.29, 1.82) is 0 Å². The number of ether oxygens (including phenoxy) is 1. The van der Waals surface area contributed by atoms with Crippen LogP contribution in [0.4, 0.5) is 0 Å². The molecule has 0 aromatic heterocycles. The molecule has 1 aliphatic rings. The zero-order valence-electron chi connectivity index (χ0n) is 5.67. The van der Waals surface area contributed by atoms with Crippen molar-refractivity contribution in [1.82, 2.24) is 0 Å². The number of carboxylic acids is 1. The van der Waals surface area contributed by atoms with Crippen molar-refractivity contribution in [3.8, 4) is 0 Å². The lowest BCUT2D eigenvalue weighted by atomic mass is 10.1. The summed E-state index contributed by atoms with van der Waals surface area (Å²) in [6.07, 6.45) is -4.19. The molecule has 0 aromatic carbocycles. The standard InChI is InChI=1S/C5H6O7/c6-1-2(7)5(11,4(9)10)12-3(1)8/h1-2,6-7,11H,(H,9,10). The normalized spacial score (nSPS) is 41.1. The van der Waals surface area contributed by atoms with E-state index in [0.29, 0.717) is 0 Å². The third-order valence-electron chi connectivity index (χ3n) is 1.50. The van der Waals surface area contributed by atoms with Crippen molar-refractivity contribution in [2.75, 3.05) is 0 Å². The van der Waals surface area contributed by atoms with E-state index in [-0.39, 0.29) is 0 Å². The first kappa shape index (κ1) is 8.91. The highest BCUT2D eigenvalue weighted by Gasteiger charge is 2.59. The Morgan fingerprint density at radius 2 is 2.00 bits per heavy atom. The first-order valence-corrected chi connectivity index (χ1v) is 2.94. The molecule has 0 bridgehead atoms. The van der Waals surface area contributed by atoms with Gasteiger partial charge in [0.15, 0.2) is 12.2 Å². The van der Waals surface area contributed by atoms with Gasteiger partial charge in [-0.1, -0.05) is 0 Å². The van der Waals surface area contributed by atoms with Gasteiger partial charge < -0.3 is 25.2 Å². The van der Waals surface area contributed by atoms with Gasteiger partial charge in [-0.05, 0) is 0 Å². The van der Waals surface area contributed by atoms with Gasteiger partial charge in [0.1, 0.15) is 0 Å². The van der Waals surface area contributed by atoms with Crippen LogP contribution in [0.2, 0.25) is 0 Å². The molecular formula is C5H6O7. The van der Waals surface area contributed by atoms with Gasteiger partial charge in [-0.25, -0.2) is 9.59 Å². The molecule has 3 atom stereocenters. The Morgan fingerprint density at radius 3 is 2.17 bits per heavy atom. The van der Waals surface area contributed by atoms with Crippen LogP contribution in [-0.2, 0) is 14.3 Å². The minimum Gasteiger partial charge on any atom is -0.476 e. The fourth-order valence-corrected chi connectivity index (χ4v) is 0.787. The third kappa shape index (κ3) is 0.951. The van der Waals surface area contributed by atoms with Crippen LogP contribution < -0.4 is 0 Å². The van der Waals surface area contributed by atoms with Crippen molar-refractivity contribution in [2.45, 2.75) is 18.0 Å². The second-order valence-corrected chi connectivity index (χ2v) is 2.31. The number of aliphatic hydroxyl groups excluding tert-OH is 2. The molecule has 3 unspecified atom stereocenters. The number of carbonyl (C=O) groups is 2. The van der Waals surface area contributed by atoms with Gasteiger partial charge in [-0.2, -0.15) is 0 Å². The highest BCUT2D eigenvalue weighted by Crippen LogP contribution is 2.24. The maximum Gasteiger partial charge on any atom is 0.380 e. The van der Waals surface area contributed by atoms with E-state index < -0.39 is 29.9 Å². The second-order valence-electron chi connectivity index (χ2n) is 2.31. The average molecular weight is 178 g/mol. The lowest BCUT2D eigenvalue weighted by molar-refractivity contribution is -0.229. The van der Waals surface area contributed by atoms with E-state index in [4.69, 9.17) is 20.4 Å². The van der Waals surface area contributed by atoms with Crippen LogP contribution in [0, 0.1) is 0 Å². The summed E-state index contributed by atoms with van der Waals surface area (Å²) in [6.45, 7) is 0. The van der Waals surface area contributed by atoms with Crippen LogP contribution in [0.15, 0.2) is 0 Å². The second kappa shape index (κ2) is 2.41. The highest BCUT2D eigenvalue weighted by molar-refractivity contribution is 5.87. The molecule has 0 spiro atoms. The molecule has 1 fully saturated rings. The Hall–Kier alpha value is -1.18. The molecule has 0 amide bonds. The molecule has 12 heavy (non-hydrogen) atoms. The number of aliphatic hydroxyl groups is 3. The number of esters is 1. The summed E-state index contributed by atoms with van der Waals surface area (Å²) >= 11 is 0. The van der Waals surface area contributed by atoms with Gasteiger partial charge in [0.05, 0.1) is 0 Å². The van der Waals surface area contributed by atoms with E-state index >= 15 is 0 Å². The number of aliphatic carboxylic acids is 1. The lowest BCUT2D eigenvalue weighted by Gasteiger charge is -2.18. The molecule has 7 heteroatoms. The Kier molecular flexibility index (Phi) is 1.79. The molecule has 0 aliphatic carbocycles. The quantitative estimate of drug-likeness (QED) is 0.316. The van der Waals surface area contributed by atoms with Crippen LogP contribution in [-0.4, -0.2) is 50.4 Å². The zero-order valence-corrected chi connectivity index (χ0v) is 5.67. The predicted octanol–water partition coefficient (Wildman–Crippen LogP) is -2.96. The minimum absolute atomic E-state index is 1.37. The molecule has 1 saturated heterocycles. The molecule has 4 N–H and O–H groups in total. The zero-order chi connectivity index (χ0) is 9.52. The monoisotopic (exact) mass is 178 g/mol. The molecule has 1 heterocycles. The van der Waals surface area contributed by atoms with Gasteiger partial charge >= 0.3 is 17.7 Å². The van der Waals surface area contributed by atoms with E-state index in [0.717, 1.165) is 0 Å². The average Bonchev–Trinajstić information content (AvgIpc) is 2.17. The highest BCUT2D eigenvalue weighted by atomic mass is 16.7. The van der Waals surface area contributed by atoms with E-state index in [2.05, 4.69) is 4.74 Å². The first-order chi connectivity index (χ1) is 5.39. The molecule has 0 radical (unpaired) electrons. The molecule has 68 valence electrons. The van der Waals surface area contributed by atoms with Crippen LogP contribution in [0.1, 0.15) is 0 Å². The molecule has 1 aliphatic heterocycles.